The molecule has 1 aromatic heterocycles. The number of hydrogen-bond acceptors (Lipinski definition) is 2. The molecular weight excluding hydrogens is 703 g/mol. The SMILES string of the molecule is c1ccc(-c2cc(-c3ccccc3)cc(-c3ccc(N(c4ccc(-c5cccc6c5oc5ccccc56)cc4)c4cccc5ccc6ccccc6c45)cc3)c2)cc1. The quantitative estimate of drug-likeness (QED) is 0.151. The molecular formula is C56H37NO. The van der Waals surface area contributed by atoms with E-state index < -0.39 is 0 Å². The van der Waals surface area contributed by atoms with Gasteiger partial charge in [-0.05, 0) is 110 Å². The van der Waals surface area contributed by atoms with Crippen molar-refractivity contribution >= 4 is 60.5 Å². The molecule has 0 aliphatic rings. The van der Waals surface area contributed by atoms with E-state index in [4.69, 9.17) is 4.42 Å². The van der Waals surface area contributed by atoms with E-state index in [1.165, 1.54) is 49.4 Å². The minimum absolute atomic E-state index is 0.905. The van der Waals surface area contributed by atoms with Crippen LogP contribution in [0.3, 0.4) is 0 Å². The van der Waals surface area contributed by atoms with Crippen LogP contribution in [0.1, 0.15) is 0 Å². The number of furan rings is 1. The van der Waals surface area contributed by atoms with Crippen molar-refractivity contribution in [2.75, 3.05) is 4.90 Å². The number of rotatable bonds is 7. The lowest BCUT2D eigenvalue weighted by molar-refractivity contribution is 0.670. The molecule has 0 bridgehead atoms. The van der Waals surface area contributed by atoms with Gasteiger partial charge in [-0.1, -0.05) is 170 Å². The highest BCUT2D eigenvalue weighted by Crippen LogP contribution is 2.44. The van der Waals surface area contributed by atoms with Crippen LogP contribution in [0.25, 0.3) is 88.0 Å². The Morgan fingerprint density at radius 2 is 0.810 bits per heavy atom. The first-order valence-electron chi connectivity index (χ1n) is 19.8. The second-order valence-corrected chi connectivity index (χ2v) is 14.9. The molecule has 0 radical (unpaired) electrons. The van der Waals surface area contributed by atoms with Gasteiger partial charge in [-0.2, -0.15) is 0 Å². The zero-order valence-electron chi connectivity index (χ0n) is 31.7. The number of nitrogens with zero attached hydrogens (tertiary/aromatic N) is 1. The Labute approximate surface area is 337 Å². The van der Waals surface area contributed by atoms with Crippen molar-refractivity contribution in [3.8, 4) is 44.5 Å². The average Bonchev–Trinajstić information content (AvgIpc) is 3.69. The molecule has 58 heavy (non-hydrogen) atoms. The van der Waals surface area contributed by atoms with Crippen LogP contribution >= 0.6 is 0 Å². The summed E-state index contributed by atoms with van der Waals surface area (Å²) in [7, 11) is 0. The second-order valence-electron chi connectivity index (χ2n) is 14.9. The summed E-state index contributed by atoms with van der Waals surface area (Å²) >= 11 is 0. The van der Waals surface area contributed by atoms with Crippen LogP contribution in [-0.4, -0.2) is 0 Å². The minimum Gasteiger partial charge on any atom is -0.455 e. The van der Waals surface area contributed by atoms with Gasteiger partial charge in [0.05, 0.1) is 5.69 Å². The number of fused-ring (bicyclic) bond motifs is 6. The van der Waals surface area contributed by atoms with Crippen LogP contribution in [0, 0.1) is 0 Å². The highest BCUT2D eigenvalue weighted by atomic mass is 16.3. The van der Waals surface area contributed by atoms with Gasteiger partial charge < -0.3 is 9.32 Å². The van der Waals surface area contributed by atoms with E-state index in [0.717, 1.165) is 55.7 Å². The Morgan fingerprint density at radius 3 is 1.48 bits per heavy atom. The molecule has 10 aromatic carbocycles. The maximum Gasteiger partial charge on any atom is 0.143 e. The summed E-state index contributed by atoms with van der Waals surface area (Å²) in [4.78, 5) is 2.40. The van der Waals surface area contributed by atoms with Crippen molar-refractivity contribution in [3.63, 3.8) is 0 Å². The molecule has 2 heteroatoms. The molecule has 0 aliphatic heterocycles. The van der Waals surface area contributed by atoms with E-state index in [0.29, 0.717) is 0 Å². The lowest BCUT2D eigenvalue weighted by Crippen LogP contribution is -2.10. The van der Waals surface area contributed by atoms with Crippen LogP contribution < -0.4 is 4.90 Å². The fourth-order valence-corrected chi connectivity index (χ4v) is 8.61. The monoisotopic (exact) mass is 739 g/mol. The standard InChI is InChI=1S/C56H37NO/c1-3-13-38(14-4-1)44-35-45(39-15-5-2-6-16-39)37-46(36-44)40-27-31-47(32-28-40)57(53-23-11-18-43-26-25-41-17-7-8-19-49(41)55(43)53)48-33-29-42(30-34-48)50-21-12-22-52-51-20-9-10-24-54(51)58-56(50)52/h1-37H. The summed E-state index contributed by atoms with van der Waals surface area (Å²) in [6, 6.07) is 80.7. The fourth-order valence-electron chi connectivity index (χ4n) is 8.61. The first-order valence-corrected chi connectivity index (χ1v) is 19.8. The van der Waals surface area contributed by atoms with Crippen molar-refractivity contribution in [3.05, 3.63) is 224 Å². The molecule has 1 heterocycles. The zero-order valence-corrected chi connectivity index (χ0v) is 31.7. The largest absolute Gasteiger partial charge is 0.455 e. The van der Waals surface area contributed by atoms with Gasteiger partial charge in [0, 0.05) is 33.1 Å². The molecule has 0 fully saturated rings. The zero-order chi connectivity index (χ0) is 38.4. The minimum atomic E-state index is 0.905. The van der Waals surface area contributed by atoms with Crippen LogP contribution in [0.5, 0.6) is 0 Å². The molecule has 0 N–H and O–H groups in total. The smallest absolute Gasteiger partial charge is 0.143 e. The number of para-hydroxylation sites is 2. The van der Waals surface area contributed by atoms with Gasteiger partial charge in [0.1, 0.15) is 11.2 Å². The molecule has 11 rings (SSSR count). The van der Waals surface area contributed by atoms with Gasteiger partial charge in [0.2, 0.25) is 0 Å². The van der Waals surface area contributed by atoms with Gasteiger partial charge in [0.15, 0.2) is 0 Å². The Morgan fingerprint density at radius 1 is 0.310 bits per heavy atom. The van der Waals surface area contributed by atoms with E-state index in [9.17, 15) is 0 Å². The summed E-state index contributed by atoms with van der Waals surface area (Å²) in [5, 5.41) is 7.15. The highest BCUT2D eigenvalue weighted by Gasteiger charge is 2.19. The molecule has 0 atom stereocenters. The van der Waals surface area contributed by atoms with Crippen LogP contribution in [-0.2, 0) is 0 Å². The first-order chi connectivity index (χ1) is 28.7. The maximum atomic E-state index is 6.45. The number of hydrogen-bond donors (Lipinski definition) is 0. The fraction of sp³-hybridized carbons (Fsp3) is 0. The molecule has 272 valence electrons. The van der Waals surface area contributed by atoms with Crippen LogP contribution in [0.15, 0.2) is 229 Å². The lowest BCUT2D eigenvalue weighted by atomic mass is 9.93. The topological polar surface area (TPSA) is 16.4 Å². The predicted molar refractivity (Wildman–Crippen MR) is 245 cm³/mol. The summed E-state index contributed by atoms with van der Waals surface area (Å²) in [6.07, 6.45) is 0. The summed E-state index contributed by atoms with van der Waals surface area (Å²) in [5.41, 5.74) is 14.4. The Bertz CT molecular complexity index is 3200. The third-order valence-corrected chi connectivity index (χ3v) is 11.4. The second kappa shape index (κ2) is 14.1. The Hall–Kier alpha value is -7.68. The van der Waals surface area contributed by atoms with Gasteiger partial charge >= 0.3 is 0 Å². The van der Waals surface area contributed by atoms with Crippen molar-refractivity contribution in [2.45, 2.75) is 0 Å². The molecule has 0 saturated heterocycles. The molecule has 0 amide bonds. The summed E-state index contributed by atoms with van der Waals surface area (Å²) in [5.74, 6) is 0. The molecule has 0 spiro atoms. The first kappa shape index (κ1) is 33.6. The summed E-state index contributed by atoms with van der Waals surface area (Å²) < 4.78 is 6.45. The van der Waals surface area contributed by atoms with Gasteiger partial charge in [-0.3, -0.25) is 0 Å². The van der Waals surface area contributed by atoms with E-state index in [1.807, 2.05) is 12.1 Å². The van der Waals surface area contributed by atoms with Crippen molar-refractivity contribution in [1.82, 2.24) is 0 Å². The third-order valence-electron chi connectivity index (χ3n) is 11.4. The molecule has 11 aromatic rings. The van der Waals surface area contributed by atoms with Gasteiger partial charge in [-0.25, -0.2) is 0 Å². The van der Waals surface area contributed by atoms with E-state index in [2.05, 4.69) is 217 Å². The molecule has 0 saturated carbocycles. The van der Waals surface area contributed by atoms with Crippen LogP contribution in [0.4, 0.5) is 17.1 Å². The highest BCUT2D eigenvalue weighted by molar-refractivity contribution is 6.15. The normalized spacial score (nSPS) is 11.4. The lowest BCUT2D eigenvalue weighted by Gasteiger charge is -2.28. The average molecular weight is 740 g/mol. The number of anilines is 3. The predicted octanol–water partition coefficient (Wildman–Crippen LogP) is 16.0. The van der Waals surface area contributed by atoms with Crippen molar-refractivity contribution in [1.29, 1.82) is 0 Å². The Kier molecular flexibility index (Phi) is 8.19. The molecule has 2 nitrogen and oxygen atoms in total. The van der Waals surface area contributed by atoms with E-state index in [-0.39, 0.29) is 0 Å². The van der Waals surface area contributed by atoms with Gasteiger partial charge in [-0.15, -0.1) is 0 Å². The van der Waals surface area contributed by atoms with Crippen molar-refractivity contribution < 1.29 is 4.42 Å². The van der Waals surface area contributed by atoms with Crippen LogP contribution in [0.2, 0.25) is 0 Å². The van der Waals surface area contributed by atoms with Crippen molar-refractivity contribution in [2.24, 2.45) is 0 Å². The maximum absolute atomic E-state index is 6.45. The molecule has 0 unspecified atom stereocenters. The molecule has 0 aliphatic carbocycles. The third kappa shape index (κ3) is 5.91. The van der Waals surface area contributed by atoms with E-state index >= 15 is 0 Å². The van der Waals surface area contributed by atoms with Gasteiger partial charge in [0.25, 0.3) is 0 Å². The number of benzene rings is 10. The summed E-state index contributed by atoms with van der Waals surface area (Å²) in [6.45, 7) is 0. The Balaban J connectivity index is 1.05. The van der Waals surface area contributed by atoms with E-state index in [1.54, 1.807) is 0 Å².